The maximum Gasteiger partial charge on any atom is 0.118 e. The second kappa shape index (κ2) is 5.01. The molecule has 2 heteroatoms. The van der Waals surface area contributed by atoms with Crippen LogP contribution in [0.4, 0.5) is 0 Å². The Hall–Kier alpha value is -1.02. The van der Waals surface area contributed by atoms with E-state index >= 15 is 0 Å². The predicted octanol–water partition coefficient (Wildman–Crippen LogP) is 4.31. The molecule has 1 aromatic carbocycles. The predicted molar refractivity (Wildman–Crippen MR) is 85.4 cm³/mol. The monoisotopic (exact) mass is 285 g/mol. The van der Waals surface area contributed by atoms with Gasteiger partial charge in [0.25, 0.3) is 0 Å². The number of nitrogens with one attached hydrogen (secondary N) is 1. The topological polar surface area (TPSA) is 21.3 Å². The number of hydrogen-bond acceptors (Lipinski definition) is 2. The average Bonchev–Trinajstić information content (AvgIpc) is 2.45. The standard InChI is InChI=1S/C19H27NO/c1-13(17-3-5-18(21-2)6-4-17)20-19-10-14-7-15(11-19)9-16(8-14)12-19/h3-6,13-16,20H,7-12H2,1-2H3. The lowest BCUT2D eigenvalue weighted by Gasteiger charge is -2.57. The molecule has 21 heavy (non-hydrogen) atoms. The number of benzene rings is 1. The highest BCUT2D eigenvalue weighted by atomic mass is 16.5. The van der Waals surface area contributed by atoms with Gasteiger partial charge in [-0.15, -0.1) is 0 Å². The number of ether oxygens (including phenoxy) is 1. The summed E-state index contributed by atoms with van der Waals surface area (Å²) in [4.78, 5) is 0. The zero-order valence-corrected chi connectivity index (χ0v) is 13.3. The van der Waals surface area contributed by atoms with Crippen LogP contribution >= 0.6 is 0 Å². The van der Waals surface area contributed by atoms with Crippen molar-refractivity contribution < 1.29 is 4.74 Å². The SMILES string of the molecule is COc1ccc(C(C)NC23CC4CC(CC(C4)C2)C3)cc1. The van der Waals surface area contributed by atoms with Crippen LogP contribution in [0.2, 0.25) is 0 Å². The van der Waals surface area contributed by atoms with Gasteiger partial charge in [0, 0.05) is 11.6 Å². The fraction of sp³-hybridized carbons (Fsp3) is 0.684. The summed E-state index contributed by atoms with van der Waals surface area (Å²) >= 11 is 0. The second-order valence-corrected chi connectivity index (χ2v) is 7.84. The van der Waals surface area contributed by atoms with Crippen molar-refractivity contribution in [3.63, 3.8) is 0 Å². The van der Waals surface area contributed by atoms with E-state index in [1.807, 2.05) is 0 Å². The summed E-state index contributed by atoms with van der Waals surface area (Å²) in [6.07, 6.45) is 8.78. The molecule has 0 aromatic heterocycles. The molecule has 1 aromatic rings. The van der Waals surface area contributed by atoms with Crippen molar-refractivity contribution in [1.29, 1.82) is 0 Å². The van der Waals surface area contributed by atoms with Crippen LogP contribution in [0.25, 0.3) is 0 Å². The van der Waals surface area contributed by atoms with Crippen molar-refractivity contribution in [2.45, 2.75) is 57.0 Å². The van der Waals surface area contributed by atoms with Gasteiger partial charge in [0.2, 0.25) is 0 Å². The highest BCUT2D eigenvalue weighted by Gasteiger charge is 2.51. The van der Waals surface area contributed by atoms with E-state index in [2.05, 4.69) is 36.5 Å². The van der Waals surface area contributed by atoms with E-state index < -0.39 is 0 Å². The van der Waals surface area contributed by atoms with Crippen LogP contribution in [0.3, 0.4) is 0 Å². The van der Waals surface area contributed by atoms with E-state index in [4.69, 9.17) is 4.74 Å². The molecule has 114 valence electrons. The quantitative estimate of drug-likeness (QED) is 0.890. The molecule has 4 saturated carbocycles. The van der Waals surface area contributed by atoms with Crippen LogP contribution in [0.15, 0.2) is 24.3 Å². The molecule has 4 aliphatic rings. The fourth-order valence-electron chi connectivity index (χ4n) is 5.72. The molecule has 4 bridgehead atoms. The molecular formula is C19H27NO. The van der Waals surface area contributed by atoms with E-state index in [9.17, 15) is 0 Å². The van der Waals surface area contributed by atoms with Crippen LogP contribution < -0.4 is 10.1 Å². The summed E-state index contributed by atoms with van der Waals surface area (Å²) in [6.45, 7) is 2.32. The Bertz CT molecular complexity index is 472. The van der Waals surface area contributed by atoms with Gasteiger partial charge in [-0.1, -0.05) is 12.1 Å². The van der Waals surface area contributed by atoms with Crippen LogP contribution in [-0.2, 0) is 0 Å². The zero-order chi connectivity index (χ0) is 14.4. The van der Waals surface area contributed by atoms with E-state index in [-0.39, 0.29) is 0 Å². The van der Waals surface area contributed by atoms with Gasteiger partial charge in [-0.25, -0.2) is 0 Å². The Kier molecular flexibility index (Phi) is 3.25. The summed E-state index contributed by atoms with van der Waals surface area (Å²) in [7, 11) is 1.73. The lowest BCUT2D eigenvalue weighted by atomic mass is 9.53. The van der Waals surface area contributed by atoms with Crippen LogP contribution in [0.5, 0.6) is 5.75 Å². The summed E-state index contributed by atoms with van der Waals surface area (Å²) in [6, 6.07) is 9.00. The van der Waals surface area contributed by atoms with Crippen molar-refractivity contribution in [2.75, 3.05) is 7.11 Å². The maximum atomic E-state index is 5.26. The molecule has 0 aliphatic heterocycles. The lowest BCUT2D eigenvalue weighted by Crippen LogP contribution is -2.58. The first kappa shape index (κ1) is 13.6. The Balaban J connectivity index is 1.49. The molecule has 0 amide bonds. The lowest BCUT2D eigenvalue weighted by molar-refractivity contribution is -0.0245. The molecule has 0 heterocycles. The van der Waals surface area contributed by atoms with Crippen LogP contribution in [0, 0.1) is 17.8 Å². The third-order valence-electron chi connectivity index (χ3n) is 6.18. The Labute approximate surface area is 128 Å². The van der Waals surface area contributed by atoms with Gasteiger partial charge in [-0.3, -0.25) is 0 Å². The summed E-state index contributed by atoms with van der Waals surface area (Å²) < 4.78 is 5.26. The van der Waals surface area contributed by atoms with E-state index in [1.54, 1.807) is 7.11 Å². The Morgan fingerprint density at radius 3 is 2.00 bits per heavy atom. The first-order valence-electron chi connectivity index (χ1n) is 8.57. The molecule has 0 saturated heterocycles. The summed E-state index contributed by atoms with van der Waals surface area (Å²) in [5.41, 5.74) is 1.82. The third-order valence-corrected chi connectivity index (χ3v) is 6.18. The van der Waals surface area contributed by atoms with Gasteiger partial charge in [0.15, 0.2) is 0 Å². The van der Waals surface area contributed by atoms with Crippen LogP contribution in [0.1, 0.15) is 57.1 Å². The Morgan fingerprint density at radius 2 is 1.52 bits per heavy atom. The van der Waals surface area contributed by atoms with Crippen molar-refractivity contribution in [3.05, 3.63) is 29.8 Å². The normalized spacial score (nSPS) is 38.5. The highest BCUT2D eigenvalue weighted by molar-refractivity contribution is 5.29. The summed E-state index contributed by atoms with van der Waals surface area (Å²) in [5.74, 6) is 3.96. The van der Waals surface area contributed by atoms with Gasteiger partial charge in [-0.2, -0.15) is 0 Å². The number of methoxy groups -OCH3 is 1. The maximum absolute atomic E-state index is 5.26. The molecule has 5 rings (SSSR count). The fourth-order valence-corrected chi connectivity index (χ4v) is 5.72. The molecule has 4 fully saturated rings. The smallest absolute Gasteiger partial charge is 0.118 e. The van der Waals surface area contributed by atoms with Crippen molar-refractivity contribution >= 4 is 0 Å². The molecule has 4 aliphatic carbocycles. The molecular weight excluding hydrogens is 258 g/mol. The van der Waals surface area contributed by atoms with E-state index in [1.165, 1.54) is 44.1 Å². The van der Waals surface area contributed by atoms with Gasteiger partial charge in [0.05, 0.1) is 7.11 Å². The molecule has 1 N–H and O–H groups in total. The van der Waals surface area contributed by atoms with E-state index in [0.29, 0.717) is 11.6 Å². The third kappa shape index (κ3) is 2.48. The number of rotatable bonds is 4. The molecule has 1 unspecified atom stereocenters. The van der Waals surface area contributed by atoms with Crippen molar-refractivity contribution in [1.82, 2.24) is 5.32 Å². The first-order chi connectivity index (χ1) is 10.2. The van der Waals surface area contributed by atoms with Gasteiger partial charge < -0.3 is 10.1 Å². The minimum Gasteiger partial charge on any atom is -0.497 e. The first-order valence-corrected chi connectivity index (χ1v) is 8.57. The van der Waals surface area contributed by atoms with Gasteiger partial charge in [0.1, 0.15) is 5.75 Å². The van der Waals surface area contributed by atoms with Crippen molar-refractivity contribution in [2.24, 2.45) is 17.8 Å². The Morgan fingerprint density at radius 1 is 1.00 bits per heavy atom. The molecule has 0 spiro atoms. The number of hydrogen-bond donors (Lipinski definition) is 1. The average molecular weight is 285 g/mol. The van der Waals surface area contributed by atoms with Crippen molar-refractivity contribution in [3.8, 4) is 5.75 Å². The largest absolute Gasteiger partial charge is 0.497 e. The van der Waals surface area contributed by atoms with E-state index in [0.717, 1.165) is 23.5 Å². The summed E-state index contributed by atoms with van der Waals surface area (Å²) in [5, 5.41) is 4.04. The molecule has 2 nitrogen and oxygen atoms in total. The minimum atomic E-state index is 0.437. The molecule has 0 radical (unpaired) electrons. The zero-order valence-electron chi connectivity index (χ0n) is 13.3. The van der Waals surface area contributed by atoms with Gasteiger partial charge in [-0.05, 0) is 80.9 Å². The van der Waals surface area contributed by atoms with Crippen LogP contribution in [-0.4, -0.2) is 12.6 Å². The molecule has 1 atom stereocenters. The highest BCUT2D eigenvalue weighted by Crippen LogP contribution is 2.56. The van der Waals surface area contributed by atoms with Gasteiger partial charge >= 0.3 is 0 Å². The minimum absolute atomic E-state index is 0.437. The second-order valence-electron chi connectivity index (χ2n) is 7.84.